The number of para-hydroxylation sites is 1. The summed E-state index contributed by atoms with van der Waals surface area (Å²) in [5.41, 5.74) is 4.50. The summed E-state index contributed by atoms with van der Waals surface area (Å²) < 4.78 is 5.81. The number of amides is 2. The number of carbonyl (C=O) groups excluding carboxylic acids is 2. The van der Waals surface area contributed by atoms with Gasteiger partial charge in [0.05, 0.1) is 6.54 Å². The van der Waals surface area contributed by atoms with Gasteiger partial charge in [-0.15, -0.1) is 0 Å². The molecule has 0 atom stereocenters. The van der Waals surface area contributed by atoms with Crippen LogP contribution in [0, 0.1) is 6.92 Å². The Balaban J connectivity index is 1.54. The van der Waals surface area contributed by atoms with Crippen LogP contribution in [-0.4, -0.2) is 18.4 Å². The van der Waals surface area contributed by atoms with Gasteiger partial charge in [0, 0.05) is 11.3 Å². The van der Waals surface area contributed by atoms with Gasteiger partial charge >= 0.3 is 0 Å². The lowest BCUT2D eigenvalue weighted by molar-refractivity contribution is -0.115. The fourth-order valence-corrected chi connectivity index (χ4v) is 3.10. The lowest BCUT2D eigenvalue weighted by atomic mass is 10.1. The van der Waals surface area contributed by atoms with Crippen LogP contribution in [0.25, 0.3) is 0 Å². The molecule has 0 aliphatic heterocycles. The van der Waals surface area contributed by atoms with Crippen molar-refractivity contribution in [3.63, 3.8) is 0 Å². The van der Waals surface area contributed by atoms with Crippen LogP contribution in [0.3, 0.4) is 0 Å². The fraction of sp³-hybridized carbons (Fsp3) is 0.200. The lowest BCUT2D eigenvalue weighted by Crippen LogP contribution is -2.33. The van der Waals surface area contributed by atoms with Crippen LogP contribution in [-0.2, 0) is 17.8 Å². The van der Waals surface area contributed by atoms with E-state index in [2.05, 4.69) is 16.7 Å². The third-order valence-electron chi connectivity index (χ3n) is 4.67. The molecule has 0 aliphatic carbocycles. The van der Waals surface area contributed by atoms with E-state index in [0.29, 0.717) is 17.9 Å². The average Bonchev–Trinajstić information content (AvgIpc) is 2.76. The number of aryl methyl sites for hydroxylation is 2. The van der Waals surface area contributed by atoms with Crippen LogP contribution in [0.4, 0.5) is 5.69 Å². The number of rotatable bonds is 8. The SMILES string of the molecule is CCc1ccccc1NC(=O)CNC(=O)c1cccc(OCc2cccc(C)c2)c1. The van der Waals surface area contributed by atoms with Crippen molar-refractivity contribution in [2.24, 2.45) is 0 Å². The van der Waals surface area contributed by atoms with Crippen molar-refractivity contribution in [1.29, 1.82) is 0 Å². The van der Waals surface area contributed by atoms with Gasteiger partial charge in [-0.25, -0.2) is 0 Å². The van der Waals surface area contributed by atoms with Crippen molar-refractivity contribution in [3.05, 3.63) is 95.1 Å². The Morgan fingerprint density at radius 3 is 2.53 bits per heavy atom. The predicted molar refractivity (Wildman–Crippen MR) is 119 cm³/mol. The maximum absolute atomic E-state index is 12.4. The van der Waals surface area contributed by atoms with Gasteiger partial charge in [-0.2, -0.15) is 0 Å². The summed E-state index contributed by atoms with van der Waals surface area (Å²) in [6, 6.07) is 22.6. The van der Waals surface area contributed by atoms with Crippen molar-refractivity contribution >= 4 is 17.5 Å². The molecule has 0 saturated carbocycles. The molecule has 0 aliphatic rings. The van der Waals surface area contributed by atoms with E-state index in [1.165, 1.54) is 5.56 Å². The molecule has 0 aromatic heterocycles. The molecule has 0 spiro atoms. The van der Waals surface area contributed by atoms with E-state index >= 15 is 0 Å². The molecule has 0 bridgehead atoms. The lowest BCUT2D eigenvalue weighted by Gasteiger charge is -2.11. The van der Waals surface area contributed by atoms with E-state index in [4.69, 9.17) is 4.74 Å². The van der Waals surface area contributed by atoms with E-state index in [0.717, 1.165) is 23.2 Å². The first-order valence-electron chi connectivity index (χ1n) is 9.99. The zero-order valence-electron chi connectivity index (χ0n) is 17.3. The molecular formula is C25H26N2O3. The molecule has 154 valence electrons. The summed E-state index contributed by atoms with van der Waals surface area (Å²) in [6.07, 6.45) is 0.818. The number of anilines is 1. The molecule has 3 rings (SSSR count). The maximum Gasteiger partial charge on any atom is 0.251 e. The normalized spacial score (nSPS) is 10.3. The van der Waals surface area contributed by atoms with E-state index < -0.39 is 0 Å². The average molecular weight is 402 g/mol. The van der Waals surface area contributed by atoms with Gasteiger partial charge < -0.3 is 15.4 Å². The second-order valence-electron chi connectivity index (χ2n) is 7.05. The molecule has 0 radical (unpaired) electrons. The van der Waals surface area contributed by atoms with E-state index in [1.807, 2.05) is 56.3 Å². The van der Waals surface area contributed by atoms with E-state index in [-0.39, 0.29) is 18.4 Å². The summed E-state index contributed by atoms with van der Waals surface area (Å²) in [5.74, 6) is 0.0107. The molecular weight excluding hydrogens is 376 g/mol. The molecule has 0 saturated heterocycles. The minimum absolute atomic E-state index is 0.106. The Morgan fingerprint density at radius 2 is 1.73 bits per heavy atom. The Bertz CT molecular complexity index is 1030. The van der Waals surface area contributed by atoms with Crippen LogP contribution < -0.4 is 15.4 Å². The van der Waals surface area contributed by atoms with Crippen molar-refractivity contribution < 1.29 is 14.3 Å². The monoisotopic (exact) mass is 402 g/mol. The predicted octanol–water partition coefficient (Wildman–Crippen LogP) is 4.50. The molecule has 3 aromatic rings. The second-order valence-corrected chi connectivity index (χ2v) is 7.05. The molecule has 30 heavy (non-hydrogen) atoms. The topological polar surface area (TPSA) is 67.4 Å². The molecule has 2 N–H and O–H groups in total. The summed E-state index contributed by atoms with van der Waals surface area (Å²) in [6.45, 7) is 4.38. The van der Waals surface area contributed by atoms with Gasteiger partial charge in [0.2, 0.25) is 5.91 Å². The molecule has 2 amide bonds. The van der Waals surface area contributed by atoms with Crippen molar-refractivity contribution in [1.82, 2.24) is 5.32 Å². The van der Waals surface area contributed by atoms with Crippen molar-refractivity contribution in [2.75, 3.05) is 11.9 Å². The first-order valence-corrected chi connectivity index (χ1v) is 9.99. The third-order valence-corrected chi connectivity index (χ3v) is 4.67. The van der Waals surface area contributed by atoms with Crippen molar-refractivity contribution in [3.8, 4) is 5.75 Å². The van der Waals surface area contributed by atoms with Crippen LogP contribution in [0.2, 0.25) is 0 Å². The summed E-state index contributed by atoms with van der Waals surface area (Å²) in [4.78, 5) is 24.7. The number of benzene rings is 3. The molecule has 3 aromatic carbocycles. The molecule has 5 heteroatoms. The Morgan fingerprint density at radius 1 is 0.933 bits per heavy atom. The van der Waals surface area contributed by atoms with E-state index in [9.17, 15) is 9.59 Å². The highest BCUT2D eigenvalue weighted by Gasteiger charge is 2.10. The highest BCUT2D eigenvalue weighted by atomic mass is 16.5. The van der Waals surface area contributed by atoms with Crippen LogP contribution >= 0.6 is 0 Å². The number of nitrogens with one attached hydrogen (secondary N) is 2. The molecule has 0 heterocycles. The second kappa shape index (κ2) is 10.3. The molecule has 0 fully saturated rings. The Labute approximate surface area is 177 Å². The van der Waals surface area contributed by atoms with Gasteiger partial charge in [0.15, 0.2) is 0 Å². The number of carbonyl (C=O) groups is 2. The fourth-order valence-electron chi connectivity index (χ4n) is 3.10. The van der Waals surface area contributed by atoms with Crippen LogP contribution in [0.5, 0.6) is 5.75 Å². The van der Waals surface area contributed by atoms with Gasteiger partial charge in [-0.05, 0) is 48.7 Å². The largest absolute Gasteiger partial charge is 0.489 e. The molecule has 0 unspecified atom stereocenters. The van der Waals surface area contributed by atoms with Crippen LogP contribution in [0.1, 0.15) is 34.0 Å². The number of hydrogen-bond acceptors (Lipinski definition) is 3. The summed E-state index contributed by atoms with van der Waals surface area (Å²) in [7, 11) is 0. The standard InChI is InChI=1S/C25H26N2O3/c1-3-20-10-4-5-13-23(20)27-24(28)16-26-25(29)21-11-7-12-22(15-21)30-17-19-9-6-8-18(2)14-19/h4-15H,3,16-17H2,1-2H3,(H,26,29)(H,27,28). The van der Waals surface area contributed by atoms with Crippen molar-refractivity contribution in [2.45, 2.75) is 26.9 Å². The smallest absolute Gasteiger partial charge is 0.251 e. The highest BCUT2D eigenvalue weighted by molar-refractivity contribution is 5.99. The first-order chi connectivity index (χ1) is 14.5. The number of hydrogen-bond donors (Lipinski definition) is 2. The maximum atomic E-state index is 12.4. The van der Waals surface area contributed by atoms with E-state index in [1.54, 1.807) is 24.3 Å². The Kier molecular flexibility index (Phi) is 7.22. The van der Waals surface area contributed by atoms with Gasteiger partial charge in [0.25, 0.3) is 5.91 Å². The van der Waals surface area contributed by atoms with Gasteiger partial charge in [-0.3, -0.25) is 9.59 Å². The van der Waals surface area contributed by atoms with Gasteiger partial charge in [0.1, 0.15) is 12.4 Å². The highest BCUT2D eigenvalue weighted by Crippen LogP contribution is 2.17. The number of ether oxygens (including phenoxy) is 1. The first kappa shape index (κ1) is 21.1. The minimum Gasteiger partial charge on any atom is -0.489 e. The zero-order valence-corrected chi connectivity index (χ0v) is 17.3. The Hall–Kier alpha value is -3.60. The zero-order chi connectivity index (χ0) is 21.3. The molecule has 5 nitrogen and oxygen atoms in total. The summed E-state index contributed by atoms with van der Waals surface area (Å²) >= 11 is 0. The third kappa shape index (κ3) is 5.95. The quantitative estimate of drug-likeness (QED) is 0.583. The van der Waals surface area contributed by atoms with Crippen LogP contribution in [0.15, 0.2) is 72.8 Å². The summed E-state index contributed by atoms with van der Waals surface area (Å²) in [5, 5.41) is 5.50. The van der Waals surface area contributed by atoms with Gasteiger partial charge in [-0.1, -0.05) is 61.0 Å². The minimum atomic E-state index is -0.324.